The van der Waals surface area contributed by atoms with Crippen LogP contribution in [0.5, 0.6) is 0 Å². The van der Waals surface area contributed by atoms with E-state index in [2.05, 4.69) is 10.2 Å². The van der Waals surface area contributed by atoms with Crippen LogP contribution in [0.1, 0.15) is 22.8 Å². The number of aromatic nitrogens is 2. The molecule has 0 spiro atoms. The molecule has 0 fully saturated rings. The first-order chi connectivity index (χ1) is 5.13. The van der Waals surface area contributed by atoms with E-state index in [1.165, 1.54) is 13.1 Å². The number of nitrogens with one attached hydrogen (secondary N) is 1. The largest absolute Gasteiger partial charge is 0.294 e. The van der Waals surface area contributed by atoms with E-state index < -0.39 is 0 Å². The minimum absolute atomic E-state index is 0.138. The van der Waals surface area contributed by atoms with Crippen molar-refractivity contribution in [3.63, 3.8) is 0 Å². The Labute approximate surface area is 63.3 Å². The molecule has 4 heteroatoms. The predicted molar refractivity (Wildman–Crippen MR) is 39.6 cm³/mol. The summed E-state index contributed by atoms with van der Waals surface area (Å²) >= 11 is 0. The zero-order chi connectivity index (χ0) is 8.43. The molecule has 0 aliphatic rings. The molecule has 0 aromatic carbocycles. The third kappa shape index (κ3) is 1.34. The first kappa shape index (κ1) is 7.65. The van der Waals surface area contributed by atoms with Gasteiger partial charge >= 0.3 is 0 Å². The molecule has 1 N–H and O–H groups in total. The monoisotopic (exact) mass is 152 g/mol. The first-order valence-electron chi connectivity index (χ1n) is 3.18. The van der Waals surface area contributed by atoms with Gasteiger partial charge in [0.25, 0.3) is 5.56 Å². The molecule has 0 atom stereocenters. The van der Waals surface area contributed by atoms with Crippen LogP contribution in [0.25, 0.3) is 0 Å². The number of aromatic amines is 1. The van der Waals surface area contributed by atoms with Gasteiger partial charge in [-0.2, -0.15) is 5.10 Å². The van der Waals surface area contributed by atoms with E-state index in [4.69, 9.17) is 0 Å². The summed E-state index contributed by atoms with van der Waals surface area (Å²) < 4.78 is 0. The molecule has 0 saturated heterocycles. The second-order valence-electron chi connectivity index (χ2n) is 2.29. The third-order valence-corrected chi connectivity index (χ3v) is 1.48. The SMILES string of the molecule is CC(=O)c1cn[nH]c(=O)c1C. The Hall–Kier alpha value is -1.45. The molecule has 0 unspecified atom stereocenters. The molecule has 11 heavy (non-hydrogen) atoms. The molecular weight excluding hydrogens is 144 g/mol. The molecule has 1 heterocycles. The normalized spacial score (nSPS) is 9.64. The Morgan fingerprint density at radius 1 is 1.64 bits per heavy atom. The summed E-state index contributed by atoms with van der Waals surface area (Å²) in [6.07, 6.45) is 1.36. The molecule has 0 aliphatic carbocycles. The number of nitrogens with zero attached hydrogens (tertiary/aromatic N) is 1. The average molecular weight is 152 g/mol. The van der Waals surface area contributed by atoms with E-state index in [-0.39, 0.29) is 11.3 Å². The summed E-state index contributed by atoms with van der Waals surface area (Å²) in [5.41, 5.74) is 0.499. The highest BCUT2D eigenvalue weighted by molar-refractivity contribution is 5.94. The number of rotatable bonds is 1. The molecule has 0 saturated carbocycles. The fourth-order valence-corrected chi connectivity index (χ4v) is 0.813. The Morgan fingerprint density at radius 2 is 2.27 bits per heavy atom. The van der Waals surface area contributed by atoms with Crippen molar-refractivity contribution in [2.24, 2.45) is 0 Å². The van der Waals surface area contributed by atoms with Crippen molar-refractivity contribution in [2.75, 3.05) is 0 Å². The van der Waals surface area contributed by atoms with Crippen LogP contribution in [0.3, 0.4) is 0 Å². The number of Topliss-reactive ketones (excluding diaryl/α,β-unsaturated/α-hetero) is 1. The highest BCUT2D eigenvalue weighted by Gasteiger charge is 2.05. The minimum atomic E-state index is -0.308. The van der Waals surface area contributed by atoms with E-state index in [1.54, 1.807) is 6.92 Å². The lowest BCUT2D eigenvalue weighted by atomic mass is 10.1. The van der Waals surface area contributed by atoms with E-state index >= 15 is 0 Å². The number of hydrogen-bond acceptors (Lipinski definition) is 3. The van der Waals surface area contributed by atoms with Gasteiger partial charge in [0.2, 0.25) is 0 Å². The molecule has 0 amide bonds. The van der Waals surface area contributed by atoms with Gasteiger partial charge in [-0.25, -0.2) is 5.10 Å². The first-order valence-corrected chi connectivity index (χ1v) is 3.18. The van der Waals surface area contributed by atoms with Gasteiger partial charge < -0.3 is 0 Å². The van der Waals surface area contributed by atoms with Crippen LogP contribution in [0.15, 0.2) is 11.0 Å². The Kier molecular flexibility index (Phi) is 1.85. The van der Waals surface area contributed by atoms with Crippen LogP contribution in [0, 0.1) is 6.92 Å². The van der Waals surface area contributed by atoms with Crippen molar-refractivity contribution in [3.8, 4) is 0 Å². The number of H-pyrrole nitrogens is 1. The van der Waals surface area contributed by atoms with Gasteiger partial charge in [0, 0.05) is 11.1 Å². The van der Waals surface area contributed by atoms with E-state index in [1.807, 2.05) is 0 Å². The second kappa shape index (κ2) is 2.65. The molecule has 1 rings (SSSR count). The van der Waals surface area contributed by atoms with Crippen LogP contribution in [-0.4, -0.2) is 16.0 Å². The topological polar surface area (TPSA) is 62.8 Å². The number of carbonyl (C=O) groups is 1. The summed E-state index contributed by atoms with van der Waals surface area (Å²) in [5.74, 6) is -0.138. The van der Waals surface area contributed by atoms with Gasteiger partial charge in [-0.05, 0) is 13.8 Å². The quantitative estimate of drug-likeness (QED) is 0.588. The Morgan fingerprint density at radius 3 is 2.73 bits per heavy atom. The van der Waals surface area contributed by atoms with Crippen LogP contribution in [0.2, 0.25) is 0 Å². The Balaban J connectivity index is 3.39. The number of hydrogen-bond donors (Lipinski definition) is 1. The maximum Gasteiger partial charge on any atom is 0.267 e. The summed E-state index contributed by atoms with van der Waals surface area (Å²) in [6.45, 7) is 3.00. The molecule has 1 aromatic rings. The molecule has 0 bridgehead atoms. The fourth-order valence-electron chi connectivity index (χ4n) is 0.813. The van der Waals surface area contributed by atoms with Crippen LogP contribution in [-0.2, 0) is 0 Å². The van der Waals surface area contributed by atoms with Crippen molar-refractivity contribution in [1.29, 1.82) is 0 Å². The summed E-state index contributed by atoms with van der Waals surface area (Å²) in [5, 5.41) is 5.74. The standard InChI is InChI=1S/C7H8N2O2/c1-4-6(5(2)10)3-8-9-7(4)11/h3H,1-2H3,(H,9,11). The number of ketones is 1. The molecule has 58 valence electrons. The van der Waals surface area contributed by atoms with Gasteiger partial charge in [0.1, 0.15) is 0 Å². The van der Waals surface area contributed by atoms with Crippen LogP contribution < -0.4 is 5.56 Å². The van der Waals surface area contributed by atoms with Crippen LogP contribution in [0.4, 0.5) is 0 Å². The van der Waals surface area contributed by atoms with Crippen molar-refractivity contribution < 1.29 is 4.79 Å². The highest BCUT2D eigenvalue weighted by atomic mass is 16.1. The second-order valence-corrected chi connectivity index (χ2v) is 2.29. The summed E-state index contributed by atoms with van der Waals surface area (Å²) in [6, 6.07) is 0. The molecule has 0 radical (unpaired) electrons. The van der Waals surface area contributed by atoms with E-state index in [0.717, 1.165) is 0 Å². The van der Waals surface area contributed by atoms with Gasteiger partial charge in [0.05, 0.1) is 6.20 Å². The Bertz CT molecular complexity index is 341. The molecular formula is C7H8N2O2. The zero-order valence-electron chi connectivity index (χ0n) is 6.34. The van der Waals surface area contributed by atoms with Crippen LogP contribution >= 0.6 is 0 Å². The number of carbonyl (C=O) groups excluding carboxylic acids is 1. The smallest absolute Gasteiger partial charge is 0.267 e. The summed E-state index contributed by atoms with van der Waals surface area (Å²) in [4.78, 5) is 21.7. The van der Waals surface area contributed by atoms with Gasteiger partial charge in [-0.15, -0.1) is 0 Å². The summed E-state index contributed by atoms with van der Waals surface area (Å²) in [7, 11) is 0. The van der Waals surface area contributed by atoms with Crippen molar-refractivity contribution in [3.05, 3.63) is 27.7 Å². The van der Waals surface area contributed by atoms with Gasteiger partial charge in [-0.3, -0.25) is 9.59 Å². The lowest BCUT2D eigenvalue weighted by molar-refractivity contribution is 0.101. The predicted octanol–water partition coefficient (Wildman–Crippen LogP) is 0.281. The van der Waals surface area contributed by atoms with Crippen molar-refractivity contribution >= 4 is 5.78 Å². The highest BCUT2D eigenvalue weighted by Crippen LogP contribution is 1.98. The van der Waals surface area contributed by atoms with Crippen molar-refractivity contribution in [2.45, 2.75) is 13.8 Å². The maximum atomic E-state index is 10.9. The van der Waals surface area contributed by atoms with Gasteiger partial charge in [-0.1, -0.05) is 0 Å². The van der Waals surface area contributed by atoms with Crippen molar-refractivity contribution in [1.82, 2.24) is 10.2 Å². The van der Waals surface area contributed by atoms with Gasteiger partial charge in [0.15, 0.2) is 5.78 Å². The molecule has 1 aromatic heterocycles. The lowest BCUT2D eigenvalue weighted by Crippen LogP contribution is -2.15. The zero-order valence-corrected chi connectivity index (χ0v) is 6.34. The lowest BCUT2D eigenvalue weighted by Gasteiger charge is -1.96. The minimum Gasteiger partial charge on any atom is -0.294 e. The van der Waals surface area contributed by atoms with E-state index in [0.29, 0.717) is 11.1 Å². The fraction of sp³-hybridized carbons (Fsp3) is 0.286. The molecule has 4 nitrogen and oxygen atoms in total. The molecule has 0 aliphatic heterocycles. The third-order valence-electron chi connectivity index (χ3n) is 1.48. The average Bonchev–Trinajstić information content (AvgIpc) is 1.94. The maximum absolute atomic E-state index is 10.9. The van der Waals surface area contributed by atoms with E-state index in [9.17, 15) is 9.59 Å².